The second kappa shape index (κ2) is 5.58. The van der Waals surface area contributed by atoms with Crippen molar-refractivity contribution in [1.82, 2.24) is 14.9 Å². The smallest absolute Gasteiger partial charge is 0.191 e. The number of fused-ring (bicyclic) bond motifs is 2. The van der Waals surface area contributed by atoms with Gasteiger partial charge >= 0.3 is 0 Å². The van der Waals surface area contributed by atoms with Gasteiger partial charge in [-0.05, 0) is 19.2 Å². The van der Waals surface area contributed by atoms with Gasteiger partial charge in [0.2, 0.25) is 0 Å². The summed E-state index contributed by atoms with van der Waals surface area (Å²) >= 11 is 0. The Hall–Kier alpha value is -1.99. The third-order valence-corrected chi connectivity index (χ3v) is 4.79. The van der Waals surface area contributed by atoms with Crippen molar-refractivity contribution in [2.75, 3.05) is 45.3 Å². The zero-order chi connectivity index (χ0) is 16.0. The van der Waals surface area contributed by atoms with Crippen molar-refractivity contribution in [2.45, 2.75) is 12.1 Å². The van der Waals surface area contributed by atoms with Crippen LogP contribution in [0.2, 0.25) is 0 Å². The highest BCUT2D eigenvalue weighted by Gasteiger charge is 2.39. The standard InChI is InChI=1S/C16H19FN4O2/c1-20-5-6-23-13-8-21(7-11(13)20)16-10-3-4-12(22-2)14(17)15(10)18-9-19-16/h3-4,9,11,13H,5-8H2,1-2H3/t11-,13+/m0/s1. The minimum absolute atomic E-state index is 0.168. The summed E-state index contributed by atoms with van der Waals surface area (Å²) in [5.74, 6) is 0.502. The predicted octanol–water partition coefficient (Wildman–Crippen LogP) is 1.30. The van der Waals surface area contributed by atoms with E-state index in [0.717, 1.165) is 32.1 Å². The van der Waals surface area contributed by atoms with Crippen LogP contribution in [0.3, 0.4) is 0 Å². The molecule has 6 nitrogen and oxygen atoms in total. The second-order valence-corrected chi connectivity index (χ2v) is 6.04. The number of nitrogens with zero attached hydrogens (tertiary/aromatic N) is 4. The number of hydrogen-bond acceptors (Lipinski definition) is 6. The Morgan fingerprint density at radius 3 is 2.96 bits per heavy atom. The first-order valence-electron chi connectivity index (χ1n) is 7.73. The van der Waals surface area contributed by atoms with Crippen molar-refractivity contribution >= 4 is 16.7 Å². The number of aromatic nitrogens is 2. The van der Waals surface area contributed by atoms with Crippen molar-refractivity contribution in [3.05, 3.63) is 24.3 Å². The lowest BCUT2D eigenvalue weighted by Crippen LogP contribution is -2.48. The molecule has 0 unspecified atom stereocenters. The number of likely N-dealkylation sites (N-methyl/N-ethyl adjacent to an activating group) is 1. The lowest BCUT2D eigenvalue weighted by Gasteiger charge is -2.33. The van der Waals surface area contributed by atoms with Crippen LogP contribution in [0.25, 0.3) is 10.9 Å². The first kappa shape index (κ1) is 14.6. The van der Waals surface area contributed by atoms with Crippen LogP contribution >= 0.6 is 0 Å². The molecule has 3 heterocycles. The van der Waals surface area contributed by atoms with E-state index in [1.165, 1.54) is 13.4 Å². The molecule has 2 atom stereocenters. The third kappa shape index (κ3) is 2.31. The van der Waals surface area contributed by atoms with E-state index in [4.69, 9.17) is 9.47 Å². The van der Waals surface area contributed by atoms with Gasteiger partial charge in [-0.3, -0.25) is 4.90 Å². The molecule has 0 bridgehead atoms. The number of ether oxygens (including phenoxy) is 2. The van der Waals surface area contributed by atoms with Crippen molar-refractivity contribution in [3.63, 3.8) is 0 Å². The van der Waals surface area contributed by atoms with Crippen molar-refractivity contribution in [3.8, 4) is 5.75 Å². The normalized spacial score (nSPS) is 24.9. The molecular formula is C16H19FN4O2. The fourth-order valence-electron chi connectivity index (χ4n) is 3.50. The number of anilines is 1. The molecule has 1 aromatic heterocycles. The Kier molecular flexibility index (Phi) is 3.54. The predicted molar refractivity (Wildman–Crippen MR) is 84.4 cm³/mol. The fraction of sp³-hybridized carbons (Fsp3) is 0.500. The number of methoxy groups -OCH3 is 1. The number of hydrogen-bond donors (Lipinski definition) is 0. The monoisotopic (exact) mass is 318 g/mol. The lowest BCUT2D eigenvalue weighted by atomic mass is 10.1. The van der Waals surface area contributed by atoms with Gasteiger partial charge < -0.3 is 14.4 Å². The van der Waals surface area contributed by atoms with Crippen LogP contribution in [-0.4, -0.2) is 67.4 Å². The quantitative estimate of drug-likeness (QED) is 0.832. The molecule has 0 amide bonds. The van der Waals surface area contributed by atoms with Crippen LogP contribution in [0.1, 0.15) is 0 Å². The molecule has 2 saturated heterocycles. The van der Waals surface area contributed by atoms with E-state index in [0.29, 0.717) is 16.9 Å². The largest absolute Gasteiger partial charge is 0.494 e. The molecular weight excluding hydrogens is 299 g/mol. The molecule has 0 aliphatic carbocycles. The summed E-state index contributed by atoms with van der Waals surface area (Å²) in [6.45, 7) is 3.27. The van der Waals surface area contributed by atoms with E-state index in [1.807, 2.05) is 6.07 Å². The minimum Gasteiger partial charge on any atom is -0.494 e. The molecule has 0 radical (unpaired) electrons. The zero-order valence-electron chi connectivity index (χ0n) is 13.2. The molecule has 2 aliphatic rings. The van der Waals surface area contributed by atoms with Gasteiger partial charge in [0, 0.05) is 25.0 Å². The molecule has 2 aromatic rings. The molecule has 0 saturated carbocycles. The Morgan fingerprint density at radius 2 is 2.17 bits per heavy atom. The van der Waals surface area contributed by atoms with E-state index in [9.17, 15) is 4.39 Å². The van der Waals surface area contributed by atoms with Gasteiger partial charge in [-0.2, -0.15) is 0 Å². The van der Waals surface area contributed by atoms with Gasteiger partial charge in [0.05, 0.1) is 25.9 Å². The minimum atomic E-state index is -0.446. The molecule has 23 heavy (non-hydrogen) atoms. The summed E-state index contributed by atoms with van der Waals surface area (Å²) in [6.07, 6.45) is 1.58. The maximum atomic E-state index is 14.4. The highest BCUT2D eigenvalue weighted by atomic mass is 19.1. The highest BCUT2D eigenvalue weighted by Crippen LogP contribution is 2.33. The van der Waals surface area contributed by atoms with E-state index in [-0.39, 0.29) is 11.9 Å². The Bertz CT molecular complexity index is 741. The Morgan fingerprint density at radius 1 is 1.30 bits per heavy atom. The first-order valence-corrected chi connectivity index (χ1v) is 7.73. The number of morpholine rings is 1. The van der Waals surface area contributed by atoms with Gasteiger partial charge in [-0.25, -0.2) is 14.4 Å². The molecule has 122 valence electrons. The first-order chi connectivity index (χ1) is 11.2. The van der Waals surface area contributed by atoms with Gasteiger partial charge in [-0.15, -0.1) is 0 Å². The second-order valence-electron chi connectivity index (χ2n) is 6.04. The summed E-state index contributed by atoms with van der Waals surface area (Å²) in [5.41, 5.74) is 0.290. The maximum absolute atomic E-state index is 14.4. The van der Waals surface area contributed by atoms with E-state index < -0.39 is 5.82 Å². The van der Waals surface area contributed by atoms with Gasteiger partial charge in [0.1, 0.15) is 17.7 Å². The molecule has 2 aliphatic heterocycles. The van der Waals surface area contributed by atoms with Crippen LogP contribution in [0.5, 0.6) is 5.75 Å². The van der Waals surface area contributed by atoms with Crippen LogP contribution in [-0.2, 0) is 4.74 Å². The van der Waals surface area contributed by atoms with E-state index >= 15 is 0 Å². The van der Waals surface area contributed by atoms with Gasteiger partial charge in [0.15, 0.2) is 11.6 Å². The van der Waals surface area contributed by atoms with Crippen LogP contribution in [0, 0.1) is 5.82 Å². The summed E-state index contributed by atoms with van der Waals surface area (Å²) in [6, 6.07) is 3.78. The van der Waals surface area contributed by atoms with Crippen molar-refractivity contribution in [2.24, 2.45) is 0 Å². The third-order valence-electron chi connectivity index (χ3n) is 4.79. The molecule has 2 fully saturated rings. The summed E-state index contributed by atoms with van der Waals surface area (Å²) in [5, 5.41) is 0.701. The zero-order valence-corrected chi connectivity index (χ0v) is 13.2. The average Bonchev–Trinajstić information content (AvgIpc) is 3.00. The summed E-state index contributed by atoms with van der Waals surface area (Å²) in [7, 11) is 3.57. The maximum Gasteiger partial charge on any atom is 0.191 e. The molecule has 1 aromatic carbocycles. The molecule has 4 rings (SSSR count). The van der Waals surface area contributed by atoms with Crippen molar-refractivity contribution < 1.29 is 13.9 Å². The van der Waals surface area contributed by atoms with Gasteiger partial charge in [0.25, 0.3) is 0 Å². The fourth-order valence-corrected chi connectivity index (χ4v) is 3.50. The molecule has 0 spiro atoms. The number of benzene rings is 1. The number of rotatable bonds is 2. The van der Waals surface area contributed by atoms with E-state index in [2.05, 4.69) is 26.8 Å². The van der Waals surface area contributed by atoms with Crippen LogP contribution in [0.4, 0.5) is 10.2 Å². The average molecular weight is 318 g/mol. The molecule has 0 N–H and O–H groups in total. The SMILES string of the molecule is COc1ccc2c(N3C[C@H]4OCCN(C)[C@H]4C3)ncnc2c1F. The van der Waals surface area contributed by atoms with Crippen LogP contribution in [0.15, 0.2) is 18.5 Å². The van der Waals surface area contributed by atoms with E-state index in [1.54, 1.807) is 6.07 Å². The highest BCUT2D eigenvalue weighted by molar-refractivity contribution is 5.90. The Balaban J connectivity index is 1.74. The van der Waals surface area contributed by atoms with Gasteiger partial charge in [-0.1, -0.05) is 0 Å². The molecule has 7 heteroatoms. The lowest BCUT2D eigenvalue weighted by molar-refractivity contribution is -0.0362. The Labute approximate surface area is 133 Å². The topological polar surface area (TPSA) is 50.7 Å². The van der Waals surface area contributed by atoms with Crippen molar-refractivity contribution in [1.29, 1.82) is 0 Å². The summed E-state index contributed by atoms with van der Waals surface area (Å²) < 4.78 is 25.3. The van der Waals surface area contributed by atoms with Crippen LogP contribution < -0.4 is 9.64 Å². The summed E-state index contributed by atoms with van der Waals surface area (Å²) in [4.78, 5) is 13.0. The number of halogens is 1.